The molecule has 4 aromatic heterocycles. The first-order valence-electron chi connectivity index (χ1n) is 12.8. The molecule has 1 aliphatic carbocycles. The third-order valence-electron chi connectivity index (χ3n) is 7.64. The molecule has 0 atom stereocenters. The van der Waals surface area contributed by atoms with Gasteiger partial charge in [-0.25, -0.2) is 15.0 Å². The summed E-state index contributed by atoms with van der Waals surface area (Å²) in [6, 6.07) is 18.1. The molecule has 1 amide bonds. The highest BCUT2D eigenvalue weighted by Gasteiger charge is 2.45. The summed E-state index contributed by atoms with van der Waals surface area (Å²) in [4.78, 5) is 27.1. The fourth-order valence-corrected chi connectivity index (χ4v) is 5.24. The Hall–Kier alpha value is -4.59. The van der Waals surface area contributed by atoms with E-state index < -0.39 is 5.41 Å². The lowest BCUT2D eigenvalue weighted by Gasteiger charge is -2.40. The van der Waals surface area contributed by atoms with E-state index in [4.69, 9.17) is 0 Å². The maximum absolute atomic E-state index is 13.5. The molecule has 1 aliphatic rings. The number of hydrogen-bond donors (Lipinski definition) is 1. The van der Waals surface area contributed by atoms with Crippen molar-refractivity contribution in [1.82, 2.24) is 29.3 Å². The molecule has 6 rings (SSSR count). The second-order valence-corrected chi connectivity index (χ2v) is 9.96. The minimum absolute atomic E-state index is 0.0116. The fraction of sp³-hybridized carbons (Fsp3) is 0.233. The van der Waals surface area contributed by atoms with E-state index in [0.717, 1.165) is 58.6 Å². The number of carbonyl (C=O) groups excluding carboxylic acids is 1. The monoisotopic (exact) mass is 503 g/mol. The van der Waals surface area contributed by atoms with Gasteiger partial charge in [0, 0.05) is 54.3 Å². The van der Waals surface area contributed by atoms with Gasteiger partial charge in [-0.05, 0) is 68.1 Å². The zero-order valence-corrected chi connectivity index (χ0v) is 21.7. The number of amides is 1. The van der Waals surface area contributed by atoms with E-state index in [2.05, 4.69) is 49.6 Å². The summed E-state index contributed by atoms with van der Waals surface area (Å²) in [7, 11) is 1.89. The zero-order chi connectivity index (χ0) is 26.3. The minimum Gasteiger partial charge on any atom is -0.310 e. The SMILES string of the molecule is Cc1ccc(C)n1-c1ncc(-c2ccc(C3(C(=O)Nc4ccc(-c5ccnn5C)cn4)CCC3)cc2)cn1. The summed E-state index contributed by atoms with van der Waals surface area (Å²) in [5, 5.41) is 7.26. The zero-order valence-electron chi connectivity index (χ0n) is 21.7. The molecular weight excluding hydrogens is 474 g/mol. The number of benzene rings is 1. The van der Waals surface area contributed by atoms with Crippen LogP contribution in [-0.2, 0) is 17.3 Å². The molecule has 1 saturated carbocycles. The summed E-state index contributed by atoms with van der Waals surface area (Å²) in [5.41, 5.74) is 6.56. The first-order valence-corrected chi connectivity index (χ1v) is 12.8. The summed E-state index contributed by atoms with van der Waals surface area (Å²) >= 11 is 0. The van der Waals surface area contributed by atoms with E-state index in [9.17, 15) is 4.79 Å². The molecule has 1 fully saturated rings. The van der Waals surface area contributed by atoms with Crippen LogP contribution in [0.2, 0.25) is 0 Å². The number of carbonyl (C=O) groups is 1. The molecule has 0 radical (unpaired) electrons. The Morgan fingerprint density at radius 2 is 1.47 bits per heavy atom. The number of rotatable bonds is 6. The maximum atomic E-state index is 13.5. The molecule has 8 heteroatoms. The molecule has 1 N–H and O–H groups in total. The average molecular weight is 504 g/mol. The van der Waals surface area contributed by atoms with Crippen molar-refractivity contribution in [2.45, 2.75) is 38.5 Å². The largest absolute Gasteiger partial charge is 0.310 e. The van der Waals surface area contributed by atoms with Gasteiger partial charge < -0.3 is 5.32 Å². The highest BCUT2D eigenvalue weighted by molar-refractivity contribution is 5.99. The molecule has 4 heterocycles. The summed E-state index contributed by atoms with van der Waals surface area (Å²) < 4.78 is 3.83. The van der Waals surface area contributed by atoms with Crippen LogP contribution in [0.15, 0.2) is 79.4 Å². The van der Waals surface area contributed by atoms with Gasteiger partial charge in [0.25, 0.3) is 0 Å². The molecule has 0 saturated heterocycles. The molecule has 190 valence electrons. The van der Waals surface area contributed by atoms with Crippen molar-refractivity contribution < 1.29 is 4.79 Å². The molecule has 0 spiro atoms. The van der Waals surface area contributed by atoms with Gasteiger partial charge in [-0.1, -0.05) is 30.7 Å². The van der Waals surface area contributed by atoms with Crippen molar-refractivity contribution in [3.63, 3.8) is 0 Å². The van der Waals surface area contributed by atoms with Crippen molar-refractivity contribution >= 4 is 11.7 Å². The number of hydrogen-bond acceptors (Lipinski definition) is 5. The molecule has 5 aromatic rings. The molecule has 1 aromatic carbocycles. The van der Waals surface area contributed by atoms with Crippen LogP contribution in [0.3, 0.4) is 0 Å². The molecule has 0 bridgehead atoms. The summed E-state index contributed by atoms with van der Waals surface area (Å²) in [6.07, 6.45) is 9.88. The van der Waals surface area contributed by atoms with Gasteiger partial charge in [-0.2, -0.15) is 5.10 Å². The second kappa shape index (κ2) is 9.37. The number of anilines is 1. The highest BCUT2D eigenvalue weighted by atomic mass is 16.2. The lowest BCUT2D eigenvalue weighted by molar-refractivity contribution is -0.124. The van der Waals surface area contributed by atoms with Gasteiger partial charge in [-0.3, -0.25) is 14.0 Å². The first-order chi connectivity index (χ1) is 18.4. The van der Waals surface area contributed by atoms with Crippen LogP contribution in [0.5, 0.6) is 0 Å². The third kappa shape index (κ3) is 4.08. The molecular formula is C30H29N7O. The van der Waals surface area contributed by atoms with E-state index in [-0.39, 0.29) is 5.91 Å². The van der Waals surface area contributed by atoms with Gasteiger partial charge in [0.1, 0.15) is 5.82 Å². The Balaban J connectivity index is 1.18. The third-order valence-corrected chi connectivity index (χ3v) is 7.64. The smallest absolute Gasteiger partial charge is 0.236 e. The van der Waals surface area contributed by atoms with Gasteiger partial charge in [-0.15, -0.1) is 0 Å². The Kier molecular flexibility index (Phi) is 5.87. The van der Waals surface area contributed by atoms with Crippen LogP contribution in [0.1, 0.15) is 36.2 Å². The minimum atomic E-state index is -0.537. The predicted molar refractivity (Wildman–Crippen MR) is 147 cm³/mol. The average Bonchev–Trinajstić information content (AvgIpc) is 3.48. The Morgan fingerprint density at radius 1 is 0.816 bits per heavy atom. The lowest BCUT2D eigenvalue weighted by atomic mass is 9.63. The van der Waals surface area contributed by atoms with E-state index in [0.29, 0.717) is 11.8 Å². The van der Waals surface area contributed by atoms with E-state index >= 15 is 0 Å². The number of nitrogens with one attached hydrogen (secondary N) is 1. The van der Waals surface area contributed by atoms with Crippen LogP contribution in [0.4, 0.5) is 5.82 Å². The van der Waals surface area contributed by atoms with Crippen molar-refractivity contribution in [3.05, 3.63) is 96.3 Å². The van der Waals surface area contributed by atoms with Crippen LogP contribution in [0.25, 0.3) is 28.3 Å². The lowest BCUT2D eigenvalue weighted by Crippen LogP contribution is -2.46. The van der Waals surface area contributed by atoms with Crippen molar-refractivity contribution in [3.8, 4) is 28.3 Å². The number of aromatic nitrogens is 6. The standard InChI is InChI=1S/C30H29N7O/c1-20-5-6-21(2)37(20)29-32-18-24(19-33-29)22-7-10-25(11-8-22)30(14-4-15-30)28(38)35-27-12-9-23(17-31-27)26-13-16-34-36(26)3/h5-13,16-19H,4,14-15H2,1-3H3,(H,31,35,38). The first kappa shape index (κ1) is 23.8. The van der Waals surface area contributed by atoms with Crippen molar-refractivity contribution in [2.24, 2.45) is 7.05 Å². The van der Waals surface area contributed by atoms with E-state index in [1.54, 1.807) is 17.1 Å². The van der Waals surface area contributed by atoms with Gasteiger partial charge in [0.05, 0.1) is 11.1 Å². The number of pyridine rings is 1. The molecule has 0 aliphatic heterocycles. The molecule has 0 unspecified atom stereocenters. The number of aryl methyl sites for hydroxylation is 3. The Bertz CT molecular complexity index is 1570. The topological polar surface area (TPSA) is 90.5 Å². The number of nitrogens with zero attached hydrogens (tertiary/aromatic N) is 6. The van der Waals surface area contributed by atoms with Crippen molar-refractivity contribution in [2.75, 3.05) is 5.32 Å². The predicted octanol–water partition coefficient (Wildman–Crippen LogP) is 5.41. The summed E-state index contributed by atoms with van der Waals surface area (Å²) in [6.45, 7) is 4.09. The second-order valence-electron chi connectivity index (χ2n) is 9.96. The highest BCUT2D eigenvalue weighted by Crippen LogP contribution is 2.45. The summed E-state index contributed by atoms with van der Waals surface area (Å²) in [5.74, 6) is 1.20. The maximum Gasteiger partial charge on any atom is 0.236 e. The Morgan fingerprint density at radius 3 is 2.03 bits per heavy atom. The van der Waals surface area contributed by atoms with E-state index in [1.807, 2.05) is 68.2 Å². The van der Waals surface area contributed by atoms with E-state index in [1.165, 1.54) is 0 Å². The molecule has 8 nitrogen and oxygen atoms in total. The normalized spacial score (nSPS) is 14.2. The van der Waals surface area contributed by atoms with Gasteiger partial charge >= 0.3 is 0 Å². The molecule has 38 heavy (non-hydrogen) atoms. The quantitative estimate of drug-likeness (QED) is 0.335. The van der Waals surface area contributed by atoms with Gasteiger partial charge in [0.15, 0.2) is 0 Å². The van der Waals surface area contributed by atoms with Crippen LogP contribution < -0.4 is 5.32 Å². The van der Waals surface area contributed by atoms with Gasteiger partial charge in [0.2, 0.25) is 11.9 Å². The van der Waals surface area contributed by atoms with Crippen LogP contribution in [-0.4, -0.2) is 35.2 Å². The Labute approximate surface area is 221 Å². The van der Waals surface area contributed by atoms with Crippen molar-refractivity contribution in [1.29, 1.82) is 0 Å². The van der Waals surface area contributed by atoms with Crippen LogP contribution in [0, 0.1) is 13.8 Å². The van der Waals surface area contributed by atoms with Crippen LogP contribution >= 0.6 is 0 Å². The fourth-order valence-electron chi connectivity index (χ4n) is 5.24.